The summed E-state index contributed by atoms with van der Waals surface area (Å²) in [6.45, 7) is 0.979. The molecule has 2 aromatic rings. The zero-order valence-corrected chi connectivity index (χ0v) is 23.1. The van der Waals surface area contributed by atoms with Gasteiger partial charge in [0.1, 0.15) is 5.82 Å². The van der Waals surface area contributed by atoms with Crippen LogP contribution in [0.5, 0.6) is 0 Å². The average molecular weight is 538 g/mol. The Morgan fingerprint density at radius 2 is 1.79 bits per heavy atom. The lowest BCUT2D eigenvalue weighted by Crippen LogP contribution is -2.62. The van der Waals surface area contributed by atoms with Gasteiger partial charge in [0.2, 0.25) is 5.91 Å². The second-order valence-electron chi connectivity index (χ2n) is 12.2. The highest BCUT2D eigenvalue weighted by Crippen LogP contribution is 2.51. The molecule has 3 fully saturated rings. The van der Waals surface area contributed by atoms with Gasteiger partial charge in [-0.3, -0.25) is 14.4 Å². The molecular weight excluding hydrogens is 497 g/mol. The molecule has 1 aromatic heterocycles. The van der Waals surface area contributed by atoms with Gasteiger partial charge in [-0.15, -0.1) is 0 Å². The average Bonchev–Trinajstić information content (AvgIpc) is 3.35. The van der Waals surface area contributed by atoms with Gasteiger partial charge < -0.3 is 19.5 Å². The maximum absolute atomic E-state index is 14.7. The van der Waals surface area contributed by atoms with E-state index in [9.17, 15) is 23.9 Å². The van der Waals surface area contributed by atoms with Gasteiger partial charge in [-0.2, -0.15) is 0 Å². The maximum atomic E-state index is 14.7. The number of carbonyl (C=O) groups excluding carboxylic acids is 2. The summed E-state index contributed by atoms with van der Waals surface area (Å²) in [4.78, 5) is 43.0. The number of aliphatic hydroxyl groups is 1. The van der Waals surface area contributed by atoms with Crippen LogP contribution in [0.25, 0.3) is 11.1 Å². The molecule has 8 heteroatoms. The van der Waals surface area contributed by atoms with Crippen molar-refractivity contribution in [2.24, 2.45) is 11.3 Å². The highest BCUT2D eigenvalue weighted by molar-refractivity contribution is 6.00. The van der Waals surface area contributed by atoms with Gasteiger partial charge in [-0.25, -0.2) is 4.39 Å². The Labute approximate surface area is 229 Å². The van der Waals surface area contributed by atoms with Crippen LogP contribution in [-0.4, -0.2) is 64.1 Å². The van der Waals surface area contributed by atoms with Crippen LogP contribution in [0.3, 0.4) is 0 Å². The number of amides is 2. The molecule has 2 amide bonds. The third-order valence-corrected chi connectivity index (χ3v) is 9.54. The third-order valence-electron chi connectivity index (χ3n) is 9.54. The van der Waals surface area contributed by atoms with E-state index in [0.29, 0.717) is 31.8 Å². The predicted octanol–water partition coefficient (Wildman–Crippen LogP) is 4.46. The molecule has 5 rings (SSSR count). The number of carbonyl (C=O) groups is 2. The number of hydrogen-bond donors (Lipinski definition) is 1. The molecule has 39 heavy (non-hydrogen) atoms. The SMILES string of the molecule is CN(C)C(=O)c1cn(CC2(O)CCN(C(=O)CCC3CCC3)CC23CCCC3)c(=O)cc1-c1ccccc1F. The predicted molar refractivity (Wildman–Crippen MR) is 148 cm³/mol. The zero-order valence-electron chi connectivity index (χ0n) is 23.1. The Morgan fingerprint density at radius 1 is 1.08 bits per heavy atom. The highest BCUT2D eigenvalue weighted by Gasteiger charge is 2.55. The van der Waals surface area contributed by atoms with Crippen LogP contribution in [-0.2, 0) is 11.3 Å². The number of aromatic nitrogens is 1. The molecular formula is C31H40FN3O4. The van der Waals surface area contributed by atoms with Crippen molar-refractivity contribution in [1.29, 1.82) is 0 Å². The molecule has 1 atom stereocenters. The van der Waals surface area contributed by atoms with Gasteiger partial charge in [0.25, 0.3) is 11.5 Å². The Hall–Kier alpha value is -3.00. The van der Waals surface area contributed by atoms with Crippen LogP contribution < -0.4 is 5.56 Å². The Kier molecular flexibility index (Phi) is 7.68. The summed E-state index contributed by atoms with van der Waals surface area (Å²) in [6, 6.07) is 7.40. The Balaban J connectivity index is 1.44. The fourth-order valence-corrected chi connectivity index (χ4v) is 6.87. The summed E-state index contributed by atoms with van der Waals surface area (Å²) >= 11 is 0. The number of benzene rings is 1. The molecule has 1 aliphatic heterocycles. The molecule has 2 saturated carbocycles. The van der Waals surface area contributed by atoms with Gasteiger partial charge >= 0.3 is 0 Å². The lowest BCUT2D eigenvalue weighted by molar-refractivity contribution is -0.160. The van der Waals surface area contributed by atoms with Crippen molar-refractivity contribution >= 4 is 11.8 Å². The van der Waals surface area contributed by atoms with Gasteiger partial charge in [0.15, 0.2) is 0 Å². The lowest BCUT2D eigenvalue weighted by atomic mass is 9.65. The monoisotopic (exact) mass is 537 g/mol. The van der Waals surface area contributed by atoms with Crippen LogP contribution in [0.2, 0.25) is 0 Å². The first-order chi connectivity index (χ1) is 18.6. The summed E-state index contributed by atoms with van der Waals surface area (Å²) in [5.41, 5.74) is -1.46. The number of halogens is 1. The van der Waals surface area contributed by atoms with Crippen molar-refractivity contribution in [3.05, 3.63) is 58.3 Å². The zero-order chi connectivity index (χ0) is 27.8. The fourth-order valence-electron chi connectivity index (χ4n) is 6.87. The van der Waals surface area contributed by atoms with Crippen molar-refractivity contribution in [2.45, 2.75) is 76.4 Å². The van der Waals surface area contributed by atoms with E-state index in [2.05, 4.69) is 0 Å². The number of hydrogen-bond acceptors (Lipinski definition) is 4. The van der Waals surface area contributed by atoms with E-state index >= 15 is 0 Å². The number of rotatable bonds is 7. The normalized spacial score (nSPS) is 22.6. The van der Waals surface area contributed by atoms with Crippen LogP contribution >= 0.6 is 0 Å². The minimum absolute atomic E-state index is 0.0290. The summed E-state index contributed by atoms with van der Waals surface area (Å²) in [6.07, 6.45) is 10.6. The Bertz CT molecular complexity index is 1290. The largest absolute Gasteiger partial charge is 0.387 e. The molecule has 1 unspecified atom stereocenters. The van der Waals surface area contributed by atoms with E-state index in [0.717, 1.165) is 32.1 Å². The fraction of sp³-hybridized carbons (Fsp3) is 0.581. The van der Waals surface area contributed by atoms with Crippen LogP contribution in [0.4, 0.5) is 4.39 Å². The molecule has 1 aromatic carbocycles. The van der Waals surface area contributed by atoms with Crippen molar-refractivity contribution in [1.82, 2.24) is 14.4 Å². The molecule has 210 valence electrons. The molecule has 0 bridgehead atoms. The molecule has 7 nitrogen and oxygen atoms in total. The first kappa shape index (κ1) is 27.6. The number of piperidine rings is 1. The van der Waals surface area contributed by atoms with E-state index in [1.807, 2.05) is 4.90 Å². The van der Waals surface area contributed by atoms with Crippen LogP contribution in [0.15, 0.2) is 41.3 Å². The van der Waals surface area contributed by atoms with Gasteiger partial charge in [0.05, 0.1) is 17.7 Å². The smallest absolute Gasteiger partial charge is 0.255 e. The number of nitrogens with zero attached hydrogens (tertiary/aromatic N) is 3. The van der Waals surface area contributed by atoms with Crippen LogP contribution in [0.1, 0.15) is 74.6 Å². The molecule has 2 heterocycles. The van der Waals surface area contributed by atoms with E-state index in [4.69, 9.17) is 0 Å². The Morgan fingerprint density at radius 3 is 2.44 bits per heavy atom. The van der Waals surface area contributed by atoms with E-state index in [1.165, 1.54) is 47.1 Å². The minimum atomic E-state index is -1.20. The van der Waals surface area contributed by atoms with Gasteiger partial charge in [-0.05, 0) is 37.7 Å². The third kappa shape index (κ3) is 5.28. The van der Waals surface area contributed by atoms with Gasteiger partial charge in [-0.1, -0.05) is 50.3 Å². The second-order valence-corrected chi connectivity index (χ2v) is 12.2. The number of likely N-dealkylation sites (tertiary alicyclic amines) is 1. The summed E-state index contributed by atoms with van der Waals surface area (Å²) in [5.74, 6) is -0.0216. The van der Waals surface area contributed by atoms with Crippen molar-refractivity contribution < 1.29 is 19.1 Å². The van der Waals surface area contributed by atoms with Crippen molar-refractivity contribution in [3.8, 4) is 11.1 Å². The van der Waals surface area contributed by atoms with E-state index in [-0.39, 0.29) is 35.0 Å². The molecule has 3 aliphatic rings. The van der Waals surface area contributed by atoms with Crippen molar-refractivity contribution in [3.63, 3.8) is 0 Å². The second kappa shape index (κ2) is 10.9. The summed E-state index contributed by atoms with van der Waals surface area (Å²) in [7, 11) is 3.23. The maximum Gasteiger partial charge on any atom is 0.255 e. The lowest BCUT2D eigenvalue weighted by Gasteiger charge is -2.52. The highest BCUT2D eigenvalue weighted by atomic mass is 19.1. The van der Waals surface area contributed by atoms with Crippen LogP contribution in [0, 0.1) is 17.2 Å². The molecule has 0 radical (unpaired) electrons. The first-order valence-electron chi connectivity index (χ1n) is 14.3. The van der Waals surface area contributed by atoms with E-state index < -0.39 is 22.4 Å². The standard InChI is InChI=1S/C31H40FN3O4/c1-33(2)29(38)25-19-35(28(37)18-24(25)23-10-3-4-11-26(23)32)21-31(39)16-17-34(20-30(31)14-5-6-15-30)27(36)13-12-22-8-7-9-22/h3-4,10-11,18-19,22,39H,5-9,12-17,20-21H2,1-2H3. The molecule has 2 aliphatic carbocycles. The van der Waals surface area contributed by atoms with E-state index in [1.54, 1.807) is 32.3 Å². The molecule has 1 saturated heterocycles. The topological polar surface area (TPSA) is 82.8 Å². The summed E-state index contributed by atoms with van der Waals surface area (Å²) < 4.78 is 16.1. The summed E-state index contributed by atoms with van der Waals surface area (Å²) in [5, 5.41) is 12.2. The quantitative estimate of drug-likeness (QED) is 0.565. The molecule has 1 spiro atoms. The van der Waals surface area contributed by atoms with Gasteiger partial charge in [0, 0.05) is 62.4 Å². The molecule has 1 N–H and O–H groups in total. The van der Waals surface area contributed by atoms with Crippen molar-refractivity contribution in [2.75, 3.05) is 27.2 Å². The number of pyridine rings is 1. The minimum Gasteiger partial charge on any atom is -0.387 e. The first-order valence-corrected chi connectivity index (χ1v) is 14.3.